The van der Waals surface area contributed by atoms with Gasteiger partial charge in [0.15, 0.2) is 0 Å². The maximum Gasteiger partial charge on any atom is 0.0155 e. The molecule has 0 amide bonds. The zero-order chi connectivity index (χ0) is 9.84. The van der Waals surface area contributed by atoms with Crippen LogP contribution < -0.4 is 5.32 Å². The van der Waals surface area contributed by atoms with Crippen molar-refractivity contribution in [2.75, 3.05) is 6.54 Å². The second kappa shape index (κ2) is 4.80. The molecule has 2 atom stereocenters. The molecule has 1 heterocycles. The summed E-state index contributed by atoms with van der Waals surface area (Å²) < 4.78 is 0. The third-order valence-corrected chi connectivity index (χ3v) is 2.95. The molecular formula is C12H23N. The van der Waals surface area contributed by atoms with Crippen molar-refractivity contribution in [3.8, 4) is 0 Å². The van der Waals surface area contributed by atoms with Crippen molar-refractivity contribution in [2.45, 2.75) is 40.2 Å². The second-order valence-corrected chi connectivity index (χ2v) is 4.76. The summed E-state index contributed by atoms with van der Waals surface area (Å²) in [6, 6.07) is 0.666. The van der Waals surface area contributed by atoms with Gasteiger partial charge < -0.3 is 5.32 Å². The molecule has 0 spiro atoms. The smallest absolute Gasteiger partial charge is 0.0155 e. The van der Waals surface area contributed by atoms with Crippen LogP contribution in [0, 0.1) is 17.8 Å². The molecule has 1 N–H and O–H groups in total. The molecule has 1 aliphatic heterocycles. The number of hydrogen-bond donors (Lipinski definition) is 1. The molecule has 0 radical (unpaired) electrons. The van der Waals surface area contributed by atoms with E-state index in [1.54, 1.807) is 0 Å². The standard InChI is InChI=1S/C12H23N/c1-9(2)11-7-5-6-8-13-12(11)10(3)4/h5,7,9-13H,6,8H2,1-4H3. The molecule has 13 heavy (non-hydrogen) atoms. The average Bonchev–Trinajstić information content (AvgIpc) is 2.27. The van der Waals surface area contributed by atoms with E-state index in [9.17, 15) is 0 Å². The van der Waals surface area contributed by atoms with Gasteiger partial charge in [-0.05, 0) is 30.7 Å². The van der Waals surface area contributed by atoms with Gasteiger partial charge in [0, 0.05) is 6.04 Å². The van der Waals surface area contributed by atoms with Gasteiger partial charge in [0.1, 0.15) is 0 Å². The minimum atomic E-state index is 0.666. The van der Waals surface area contributed by atoms with Crippen molar-refractivity contribution in [3.63, 3.8) is 0 Å². The van der Waals surface area contributed by atoms with Crippen molar-refractivity contribution in [2.24, 2.45) is 17.8 Å². The first-order valence-corrected chi connectivity index (χ1v) is 5.53. The summed E-state index contributed by atoms with van der Waals surface area (Å²) in [5, 5.41) is 3.65. The van der Waals surface area contributed by atoms with Crippen LogP contribution >= 0.6 is 0 Å². The number of rotatable bonds is 2. The third kappa shape index (κ3) is 2.84. The highest BCUT2D eigenvalue weighted by atomic mass is 14.9. The highest BCUT2D eigenvalue weighted by Crippen LogP contribution is 2.24. The topological polar surface area (TPSA) is 12.0 Å². The van der Waals surface area contributed by atoms with E-state index in [-0.39, 0.29) is 0 Å². The molecule has 0 bridgehead atoms. The second-order valence-electron chi connectivity index (χ2n) is 4.76. The molecule has 0 aliphatic carbocycles. The number of nitrogens with one attached hydrogen (secondary N) is 1. The lowest BCUT2D eigenvalue weighted by Crippen LogP contribution is -2.41. The van der Waals surface area contributed by atoms with Crippen molar-refractivity contribution in [1.82, 2.24) is 5.32 Å². The average molecular weight is 181 g/mol. The maximum absolute atomic E-state index is 3.65. The monoisotopic (exact) mass is 181 g/mol. The zero-order valence-corrected chi connectivity index (χ0v) is 9.38. The van der Waals surface area contributed by atoms with Crippen LogP contribution in [0.1, 0.15) is 34.1 Å². The summed E-state index contributed by atoms with van der Waals surface area (Å²) >= 11 is 0. The van der Waals surface area contributed by atoms with E-state index < -0.39 is 0 Å². The Kier molecular flexibility index (Phi) is 3.98. The van der Waals surface area contributed by atoms with Crippen LogP contribution in [0.25, 0.3) is 0 Å². The molecule has 0 aromatic heterocycles. The van der Waals surface area contributed by atoms with Crippen LogP contribution in [0.4, 0.5) is 0 Å². The summed E-state index contributed by atoms with van der Waals surface area (Å²) in [5.74, 6) is 2.19. The van der Waals surface area contributed by atoms with Gasteiger partial charge in [0.25, 0.3) is 0 Å². The van der Waals surface area contributed by atoms with E-state index in [4.69, 9.17) is 0 Å². The molecule has 1 rings (SSSR count). The Bertz CT molecular complexity index is 170. The third-order valence-electron chi connectivity index (χ3n) is 2.95. The lowest BCUT2D eigenvalue weighted by Gasteiger charge is -2.30. The Morgan fingerprint density at radius 1 is 1.15 bits per heavy atom. The van der Waals surface area contributed by atoms with Crippen LogP contribution in [0.2, 0.25) is 0 Å². The van der Waals surface area contributed by atoms with E-state index >= 15 is 0 Å². The van der Waals surface area contributed by atoms with E-state index in [0.29, 0.717) is 12.0 Å². The molecule has 0 fully saturated rings. The van der Waals surface area contributed by atoms with Crippen LogP contribution in [0.5, 0.6) is 0 Å². The first-order valence-electron chi connectivity index (χ1n) is 5.53. The van der Waals surface area contributed by atoms with Gasteiger partial charge in [-0.1, -0.05) is 39.8 Å². The highest BCUT2D eigenvalue weighted by molar-refractivity contribution is 5.00. The molecule has 0 saturated heterocycles. The Labute approximate surface area is 82.6 Å². The molecule has 1 nitrogen and oxygen atoms in total. The minimum Gasteiger partial charge on any atom is -0.313 e. The van der Waals surface area contributed by atoms with E-state index in [0.717, 1.165) is 18.4 Å². The largest absolute Gasteiger partial charge is 0.313 e. The predicted molar refractivity (Wildman–Crippen MR) is 58.7 cm³/mol. The van der Waals surface area contributed by atoms with Gasteiger partial charge in [-0.25, -0.2) is 0 Å². The normalized spacial score (nSPS) is 29.7. The molecule has 1 heteroatoms. The van der Waals surface area contributed by atoms with Crippen molar-refractivity contribution in [3.05, 3.63) is 12.2 Å². The summed E-state index contributed by atoms with van der Waals surface area (Å²) in [5.41, 5.74) is 0. The van der Waals surface area contributed by atoms with Crippen molar-refractivity contribution < 1.29 is 0 Å². The van der Waals surface area contributed by atoms with E-state index in [1.807, 2.05) is 0 Å². The van der Waals surface area contributed by atoms with E-state index in [1.165, 1.54) is 6.42 Å². The van der Waals surface area contributed by atoms with Crippen molar-refractivity contribution in [1.29, 1.82) is 0 Å². The summed E-state index contributed by atoms with van der Waals surface area (Å²) in [4.78, 5) is 0. The fourth-order valence-electron chi connectivity index (χ4n) is 2.16. The zero-order valence-electron chi connectivity index (χ0n) is 9.38. The van der Waals surface area contributed by atoms with Crippen LogP contribution in [0.3, 0.4) is 0 Å². The predicted octanol–water partition coefficient (Wildman–Crippen LogP) is 2.83. The first kappa shape index (κ1) is 10.8. The van der Waals surface area contributed by atoms with Gasteiger partial charge in [-0.3, -0.25) is 0 Å². The van der Waals surface area contributed by atoms with Crippen LogP contribution in [-0.2, 0) is 0 Å². The molecule has 2 unspecified atom stereocenters. The van der Waals surface area contributed by atoms with Gasteiger partial charge in [-0.2, -0.15) is 0 Å². The van der Waals surface area contributed by atoms with Crippen LogP contribution in [-0.4, -0.2) is 12.6 Å². The lowest BCUT2D eigenvalue weighted by atomic mass is 9.83. The first-order chi connectivity index (χ1) is 6.13. The van der Waals surface area contributed by atoms with Gasteiger partial charge >= 0.3 is 0 Å². The molecule has 0 aromatic rings. The lowest BCUT2D eigenvalue weighted by molar-refractivity contribution is 0.277. The molecular weight excluding hydrogens is 158 g/mol. The van der Waals surface area contributed by atoms with Gasteiger partial charge in [-0.15, -0.1) is 0 Å². The molecule has 76 valence electrons. The molecule has 1 aliphatic rings. The molecule has 0 saturated carbocycles. The number of hydrogen-bond acceptors (Lipinski definition) is 1. The summed E-state index contributed by atoms with van der Waals surface area (Å²) in [6.45, 7) is 10.4. The fraction of sp³-hybridized carbons (Fsp3) is 0.833. The quantitative estimate of drug-likeness (QED) is 0.646. The van der Waals surface area contributed by atoms with Crippen molar-refractivity contribution >= 4 is 0 Å². The van der Waals surface area contributed by atoms with Crippen LogP contribution in [0.15, 0.2) is 12.2 Å². The Morgan fingerprint density at radius 2 is 1.85 bits per heavy atom. The van der Waals surface area contributed by atoms with E-state index in [2.05, 4.69) is 45.2 Å². The Hall–Kier alpha value is -0.300. The Balaban J connectivity index is 2.70. The molecule has 0 aromatic carbocycles. The SMILES string of the molecule is CC(C)C1C=CCCNC1C(C)C. The van der Waals surface area contributed by atoms with Gasteiger partial charge in [0.05, 0.1) is 0 Å². The highest BCUT2D eigenvalue weighted by Gasteiger charge is 2.25. The summed E-state index contributed by atoms with van der Waals surface area (Å²) in [7, 11) is 0. The minimum absolute atomic E-state index is 0.666. The summed E-state index contributed by atoms with van der Waals surface area (Å²) in [6.07, 6.45) is 5.93. The maximum atomic E-state index is 3.65. The van der Waals surface area contributed by atoms with Gasteiger partial charge in [0.2, 0.25) is 0 Å². The Morgan fingerprint density at radius 3 is 2.38 bits per heavy atom. The fourth-order valence-corrected chi connectivity index (χ4v) is 2.16.